The van der Waals surface area contributed by atoms with Crippen molar-refractivity contribution in [1.82, 2.24) is 0 Å². The van der Waals surface area contributed by atoms with Crippen molar-refractivity contribution in [3.05, 3.63) is 30.3 Å². The number of carbonyl (C=O) groups excluding carboxylic acids is 1. The Hall–Kier alpha value is -1.43. The van der Waals surface area contributed by atoms with Crippen molar-refractivity contribution in [3.8, 4) is 5.75 Å². The first-order chi connectivity index (χ1) is 8.84. The molecule has 1 aromatic rings. The number of hydrogen-bond acceptors (Lipinski definition) is 5. The second-order valence-electron chi connectivity index (χ2n) is 3.78. The summed E-state index contributed by atoms with van der Waals surface area (Å²) in [5.74, 6) is 0.322. The van der Waals surface area contributed by atoms with Gasteiger partial charge >= 0.3 is 0 Å². The molecule has 0 saturated carbocycles. The summed E-state index contributed by atoms with van der Waals surface area (Å²) in [6.07, 6.45) is 0.785. The van der Waals surface area contributed by atoms with E-state index in [9.17, 15) is 0 Å². The average Bonchev–Trinajstić information content (AvgIpc) is 3.28. The molecule has 2 aliphatic heterocycles. The third-order valence-electron chi connectivity index (χ3n) is 2.17. The molecule has 0 amide bonds. The summed E-state index contributed by atoms with van der Waals surface area (Å²) in [6, 6.07) is 8.71. The van der Waals surface area contributed by atoms with Crippen LogP contribution < -0.4 is 0 Å². The van der Waals surface area contributed by atoms with E-state index in [1.807, 2.05) is 12.9 Å². The molecule has 2 unspecified atom stereocenters. The third kappa shape index (κ3) is 7.78. The molecule has 2 heterocycles. The van der Waals surface area contributed by atoms with Crippen LogP contribution in [0.2, 0.25) is 0 Å². The zero-order valence-corrected chi connectivity index (χ0v) is 10.2. The fraction of sp³-hybridized carbons (Fsp3) is 0.462. The van der Waals surface area contributed by atoms with Crippen LogP contribution >= 0.6 is 0 Å². The monoisotopic (exact) mass is 254 g/mol. The van der Waals surface area contributed by atoms with E-state index in [4.69, 9.17) is 24.1 Å². The zero-order chi connectivity index (χ0) is 13.2. The number of ether oxygens (including phenoxy) is 3. The van der Waals surface area contributed by atoms with Gasteiger partial charge in [0.2, 0.25) is 0 Å². The van der Waals surface area contributed by atoms with Crippen LogP contribution in [0.5, 0.6) is 5.75 Å². The third-order valence-corrected chi connectivity index (χ3v) is 2.17. The van der Waals surface area contributed by atoms with E-state index >= 15 is 0 Å². The molecule has 5 nitrogen and oxygen atoms in total. The van der Waals surface area contributed by atoms with Gasteiger partial charge in [-0.05, 0) is 12.1 Å². The molecule has 1 N–H and O–H groups in total. The van der Waals surface area contributed by atoms with Gasteiger partial charge in [0.15, 0.2) is 0 Å². The van der Waals surface area contributed by atoms with Gasteiger partial charge < -0.3 is 24.1 Å². The Balaban J connectivity index is 0.000000163. The Morgan fingerprint density at radius 3 is 1.83 bits per heavy atom. The van der Waals surface area contributed by atoms with Gasteiger partial charge in [-0.25, -0.2) is 0 Å². The van der Waals surface area contributed by atoms with E-state index in [-0.39, 0.29) is 0 Å². The normalized spacial score (nSPS) is 22.9. The Morgan fingerprint density at radius 2 is 1.56 bits per heavy atom. The smallest absolute Gasteiger partial charge is 0.115 e. The quantitative estimate of drug-likeness (QED) is 0.812. The van der Waals surface area contributed by atoms with Crippen LogP contribution in [-0.2, 0) is 19.0 Å². The molecule has 3 rings (SSSR count). The second-order valence-corrected chi connectivity index (χ2v) is 3.78. The number of carbonyl (C=O) groups is 1. The molecule has 0 aliphatic carbocycles. The first-order valence-electron chi connectivity index (χ1n) is 5.68. The van der Waals surface area contributed by atoms with Crippen molar-refractivity contribution in [2.45, 2.75) is 12.2 Å². The summed E-state index contributed by atoms with van der Waals surface area (Å²) in [6.45, 7) is 5.26. The summed E-state index contributed by atoms with van der Waals surface area (Å²) in [7, 11) is 0. The summed E-state index contributed by atoms with van der Waals surface area (Å²) in [5, 5.41) is 8.63. The molecule has 18 heavy (non-hydrogen) atoms. The highest BCUT2D eigenvalue weighted by atomic mass is 16.6. The number of para-hydroxylation sites is 1. The Labute approximate surface area is 106 Å². The van der Waals surface area contributed by atoms with E-state index < -0.39 is 0 Å². The summed E-state index contributed by atoms with van der Waals surface area (Å²) in [4.78, 5) is 8.00. The minimum absolute atomic E-state index is 0.322. The van der Waals surface area contributed by atoms with Crippen molar-refractivity contribution in [1.29, 1.82) is 0 Å². The Morgan fingerprint density at radius 1 is 1.11 bits per heavy atom. The van der Waals surface area contributed by atoms with Crippen molar-refractivity contribution in [2.75, 3.05) is 26.4 Å². The number of phenols is 1. The van der Waals surface area contributed by atoms with Gasteiger partial charge in [-0.15, -0.1) is 0 Å². The van der Waals surface area contributed by atoms with Crippen LogP contribution in [0.1, 0.15) is 0 Å². The van der Waals surface area contributed by atoms with Crippen LogP contribution in [0, 0.1) is 0 Å². The number of aromatic hydroxyl groups is 1. The number of hydrogen-bond donors (Lipinski definition) is 1. The lowest BCUT2D eigenvalue weighted by Crippen LogP contribution is -2.06. The molecular weight excluding hydrogens is 236 g/mol. The van der Waals surface area contributed by atoms with E-state index in [1.54, 1.807) is 24.3 Å². The summed E-state index contributed by atoms with van der Waals surface area (Å²) in [5.41, 5.74) is 0. The van der Waals surface area contributed by atoms with Crippen molar-refractivity contribution in [2.24, 2.45) is 0 Å². The molecule has 0 radical (unpaired) electrons. The van der Waals surface area contributed by atoms with Crippen LogP contribution in [0.25, 0.3) is 0 Å². The fourth-order valence-electron chi connectivity index (χ4n) is 1.09. The highest BCUT2D eigenvalue weighted by Crippen LogP contribution is 2.12. The van der Waals surface area contributed by atoms with Gasteiger partial charge in [-0.3, -0.25) is 0 Å². The predicted octanol–water partition coefficient (Wildman–Crippen LogP) is 1.01. The summed E-state index contributed by atoms with van der Waals surface area (Å²) < 4.78 is 15.1. The van der Waals surface area contributed by atoms with Crippen molar-refractivity contribution >= 4 is 6.79 Å². The topological polar surface area (TPSA) is 71.6 Å². The summed E-state index contributed by atoms with van der Waals surface area (Å²) >= 11 is 0. The molecule has 0 bridgehead atoms. The lowest BCUT2D eigenvalue weighted by Gasteiger charge is -1.95. The molecular formula is C13H18O5. The molecule has 2 saturated heterocycles. The number of phenolic OH excluding ortho intramolecular Hbond substituents is 1. The molecule has 0 spiro atoms. The fourth-order valence-corrected chi connectivity index (χ4v) is 1.09. The van der Waals surface area contributed by atoms with Crippen LogP contribution in [-0.4, -0.2) is 50.5 Å². The first kappa shape index (κ1) is 14.6. The van der Waals surface area contributed by atoms with Gasteiger partial charge in [-0.2, -0.15) is 0 Å². The Kier molecular flexibility index (Phi) is 7.01. The minimum Gasteiger partial charge on any atom is -0.508 e. The van der Waals surface area contributed by atoms with Gasteiger partial charge in [0, 0.05) is 0 Å². The maximum Gasteiger partial charge on any atom is 0.115 e. The molecule has 1 aromatic carbocycles. The lowest BCUT2D eigenvalue weighted by atomic mass is 10.3. The minimum atomic E-state index is 0.322. The predicted molar refractivity (Wildman–Crippen MR) is 65.5 cm³/mol. The van der Waals surface area contributed by atoms with Gasteiger partial charge in [-0.1, -0.05) is 18.2 Å². The van der Waals surface area contributed by atoms with E-state index in [2.05, 4.69) is 0 Å². The molecule has 5 heteroatoms. The first-order valence-corrected chi connectivity index (χ1v) is 5.68. The highest BCUT2D eigenvalue weighted by molar-refractivity contribution is 5.18. The van der Waals surface area contributed by atoms with Gasteiger partial charge in [0.25, 0.3) is 0 Å². The largest absolute Gasteiger partial charge is 0.508 e. The van der Waals surface area contributed by atoms with Crippen LogP contribution in [0.3, 0.4) is 0 Å². The molecule has 2 fully saturated rings. The number of benzene rings is 1. The van der Waals surface area contributed by atoms with Crippen LogP contribution in [0.15, 0.2) is 30.3 Å². The number of rotatable bonds is 4. The van der Waals surface area contributed by atoms with E-state index in [0.717, 1.165) is 26.4 Å². The van der Waals surface area contributed by atoms with Crippen molar-refractivity contribution in [3.63, 3.8) is 0 Å². The lowest BCUT2D eigenvalue weighted by molar-refractivity contribution is -0.0979. The molecule has 0 aromatic heterocycles. The van der Waals surface area contributed by atoms with Gasteiger partial charge in [0.05, 0.1) is 26.4 Å². The standard InChI is InChI=1S/C6H10O3.C6H6O.CH2O/c1(5-3-8-5)7-2-6-4-9-6;7-6-4-2-1-3-5-6;1-2/h5-6H,1-4H2;1-5,7H;1H2. The molecule has 2 atom stereocenters. The average molecular weight is 254 g/mol. The second kappa shape index (κ2) is 8.63. The van der Waals surface area contributed by atoms with Gasteiger partial charge in [0.1, 0.15) is 24.7 Å². The van der Waals surface area contributed by atoms with E-state index in [0.29, 0.717) is 18.0 Å². The maximum absolute atomic E-state index is 8.63. The zero-order valence-electron chi connectivity index (χ0n) is 10.2. The van der Waals surface area contributed by atoms with Crippen molar-refractivity contribution < 1.29 is 24.1 Å². The molecule has 100 valence electrons. The maximum atomic E-state index is 8.63. The van der Waals surface area contributed by atoms with Crippen LogP contribution in [0.4, 0.5) is 0 Å². The highest BCUT2D eigenvalue weighted by Gasteiger charge is 2.26. The SMILES string of the molecule is C(OCC1CO1)C1CO1.C=O.Oc1ccccc1. The van der Waals surface area contributed by atoms with E-state index in [1.165, 1.54) is 0 Å². The Bertz CT molecular complexity index is 296. The molecule has 2 aliphatic rings. The number of epoxide rings is 2.